The van der Waals surface area contributed by atoms with E-state index < -0.39 is 0 Å². The van der Waals surface area contributed by atoms with Gasteiger partial charge in [0.05, 0.1) is 30.0 Å². The Morgan fingerprint density at radius 2 is 2.25 bits per heavy atom. The second-order valence-electron chi connectivity index (χ2n) is 4.62. The van der Waals surface area contributed by atoms with Gasteiger partial charge in [-0.2, -0.15) is 5.10 Å². The molecule has 0 radical (unpaired) electrons. The molecule has 20 heavy (non-hydrogen) atoms. The van der Waals surface area contributed by atoms with E-state index in [0.717, 1.165) is 24.4 Å². The zero-order chi connectivity index (χ0) is 14.5. The standard InChI is InChI=1S/C13H19N5O2/c1-10-13(14)11(2)18(16-10)8-12(19)20-7-3-5-17-6-4-15-9-17/h4,6,9H,3,5,7-8,14H2,1-2H3. The number of anilines is 1. The predicted octanol–water partition coefficient (Wildman–Crippen LogP) is 0.912. The normalized spacial score (nSPS) is 10.7. The van der Waals surface area contributed by atoms with Gasteiger partial charge < -0.3 is 15.0 Å². The van der Waals surface area contributed by atoms with Gasteiger partial charge in [0.1, 0.15) is 6.54 Å². The van der Waals surface area contributed by atoms with E-state index in [1.807, 2.05) is 24.6 Å². The SMILES string of the molecule is Cc1nn(CC(=O)OCCCn2ccnc2)c(C)c1N. The number of imidazole rings is 1. The van der Waals surface area contributed by atoms with Crippen LogP contribution in [0.5, 0.6) is 0 Å². The first-order chi connectivity index (χ1) is 9.58. The van der Waals surface area contributed by atoms with Crippen LogP contribution in [-0.2, 0) is 22.6 Å². The molecule has 2 aromatic rings. The lowest BCUT2D eigenvalue weighted by Crippen LogP contribution is -2.17. The summed E-state index contributed by atoms with van der Waals surface area (Å²) in [6, 6.07) is 0. The van der Waals surface area contributed by atoms with Crippen molar-refractivity contribution in [3.63, 3.8) is 0 Å². The first-order valence-corrected chi connectivity index (χ1v) is 6.48. The molecule has 2 N–H and O–H groups in total. The maximum Gasteiger partial charge on any atom is 0.327 e. The number of nitrogen functional groups attached to an aromatic ring is 1. The summed E-state index contributed by atoms with van der Waals surface area (Å²) >= 11 is 0. The fourth-order valence-corrected chi connectivity index (χ4v) is 1.88. The molecular weight excluding hydrogens is 258 g/mol. The van der Waals surface area contributed by atoms with Gasteiger partial charge in [0.25, 0.3) is 0 Å². The largest absolute Gasteiger partial charge is 0.464 e. The van der Waals surface area contributed by atoms with Crippen LogP contribution < -0.4 is 5.73 Å². The molecule has 7 nitrogen and oxygen atoms in total. The van der Waals surface area contributed by atoms with Crippen molar-refractivity contribution in [2.75, 3.05) is 12.3 Å². The van der Waals surface area contributed by atoms with E-state index in [1.165, 1.54) is 0 Å². The summed E-state index contributed by atoms with van der Waals surface area (Å²) in [5.74, 6) is -0.304. The van der Waals surface area contributed by atoms with Crippen molar-refractivity contribution < 1.29 is 9.53 Å². The van der Waals surface area contributed by atoms with E-state index >= 15 is 0 Å². The Kier molecular flexibility index (Phi) is 4.39. The molecule has 0 aliphatic rings. The first kappa shape index (κ1) is 14.1. The molecule has 0 unspecified atom stereocenters. The number of aromatic nitrogens is 4. The van der Waals surface area contributed by atoms with Gasteiger partial charge in [-0.05, 0) is 20.3 Å². The van der Waals surface area contributed by atoms with Gasteiger partial charge in [-0.25, -0.2) is 4.98 Å². The smallest absolute Gasteiger partial charge is 0.327 e. The zero-order valence-corrected chi connectivity index (χ0v) is 11.7. The molecule has 2 rings (SSSR count). The van der Waals surface area contributed by atoms with Crippen LogP contribution in [0, 0.1) is 13.8 Å². The summed E-state index contributed by atoms with van der Waals surface area (Å²) in [7, 11) is 0. The lowest BCUT2D eigenvalue weighted by Gasteiger charge is -2.06. The summed E-state index contributed by atoms with van der Waals surface area (Å²) in [5.41, 5.74) is 7.95. The molecule has 0 aliphatic carbocycles. The van der Waals surface area contributed by atoms with Crippen molar-refractivity contribution in [2.45, 2.75) is 33.4 Å². The Morgan fingerprint density at radius 1 is 1.45 bits per heavy atom. The second-order valence-corrected chi connectivity index (χ2v) is 4.62. The summed E-state index contributed by atoms with van der Waals surface area (Å²) in [6.45, 7) is 4.90. The molecule has 0 aromatic carbocycles. The Hall–Kier alpha value is -2.31. The van der Waals surface area contributed by atoms with Crippen LogP contribution in [0.1, 0.15) is 17.8 Å². The Balaban J connectivity index is 1.74. The molecule has 0 spiro atoms. The number of hydrogen-bond donors (Lipinski definition) is 1. The summed E-state index contributed by atoms with van der Waals surface area (Å²) < 4.78 is 8.69. The minimum absolute atomic E-state index is 0.0922. The molecule has 2 heterocycles. The lowest BCUT2D eigenvalue weighted by atomic mass is 10.3. The van der Waals surface area contributed by atoms with Gasteiger partial charge in [0.15, 0.2) is 0 Å². The van der Waals surface area contributed by atoms with Crippen molar-refractivity contribution in [3.05, 3.63) is 30.1 Å². The Morgan fingerprint density at radius 3 is 2.85 bits per heavy atom. The van der Waals surface area contributed by atoms with Crippen LogP contribution >= 0.6 is 0 Å². The zero-order valence-electron chi connectivity index (χ0n) is 11.7. The average Bonchev–Trinajstić information content (AvgIpc) is 3.01. The average molecular weight is 277 g/mol. The van der Waals surface area contributed by atoms with Crippen LogP contribution in [0.3, 0.4) is 0 Å². The van der Waals surface area contributed by atoms with Crippen molar-refractivity contribution >= 4 is 11.7 Å². The highest BCUT2D eigenvalue weighted by Crippen LogP contribution is 2.14. The highest BCUT2D eigenvalue weighted by atomic mass is 16.5. The minimum Gasteiger partial charge on any atom is -0.464 e. The number of hydrogen-bond acceptors (Lipinski definition) is 5. The van der Waals surface area contributed by atoms with Crippen LogP contribution in [0.4, 0.5) is 5.69 Å². The van der Waals surface area contributed by atoms with Crippen LogP contribution in [0.2, 0.25) is 0 Å². The number of carbonyl (C=O) groups is 1. The van der Waals surface area contributed by atoms with Crippen molar-refractivity contribution in [3.8, 4) is 0 Å². The molecular formula is C13H19N5O2. The molecule has 0 amide bonds. The van der Waals surface area contributed by atoms with Crippen LogP contribution in [-0.4, -0.2) is 31.9 Å². The third-order valence-electron chi connectivity index (χ3n) is 3.10. The third-order valence-corrected chi connectivity index (χ3v) is 3.10. The Bertz CT molecular complexity index is 574. The second kappa shape index (κ2) is 6.23. The van der Waals surface area contributed by atoms with E-state index in [1.54, 1.807) is 17.2 Å². The molecule has 0 saturated carbocycles. The van der Waals surface area contributed by atoms with E-state index in [9.17, 15) is 4.79 Å². The van der Waals surface area contributed by atoms with Crippen molar-refractivity contribution in [2.24, 2.45) is 0 Å². The lowest BCUT2D eigenvalue weighted by molar-refractivity contribution is -0.144. The van der Waals surface area contributed by atoms with Gasteiger partial charge in [0, 0.05) is 18.9 Å². The first-order valence-electron chi connectivity index (χ1n) is 6.48. The molecule has 108 valence electrons. The van der Waals surface area contributed by atoms with E-state index in [-0.39, 0.29) is 12.5 Å². The van der Waals surface area contributed by atoms with E-state index in [4.69, 9.17) is 10.5 Å². The van der Waals surface area contributed by atoms with Gasteiger partial charge in [-0.3, -0.25) is 9.48 Å². The minimum atomic E-state index is -0.304. The fourth-order valence-electron chi connectivity index (χ4n) is 1.88. The van der Waals surface area contributed by atoms with Gasteiger partial charge in [-0.1, -0.05) is 0 Å². The Labute approximate surface area is 117 Å². The number of carbonyl (C=O) groups excluding carboxylic acids is 1. The third kappa shape index (κ3) is 3.37. The number of aryl methyl sites for hydroxylation is 2. The molecule has 0 aliphatic heterocycles. The summed E-state index contributed by atoms with van der Waals surface area (Å²) in [5, 5.41) is 4.20. The van der Waals surface area contributed by atoms with Gasteiger partial charge in [0.2, 0.25) is 0 Å². The van der Waals surface area contributed by atoms with Crippen molar-refractivity contribution in [1.82, 2.24) is 19.3 Å². The molecule has 0 saturated heterocycles. The predicted molar refractivity (Wildman–Crippen MR) is 73.9 cm³/mol. The summed E-state index contributed by atoms with van der Waals surface area (Å²) in [4.78, 5) is 15.6. The van der Waals surface area contributed by atoms with Crippen LogP contribution in [0.25, 0.3) is 0 Å². The number of esters is 1. The molecule has 2 aromatic heterocycles. The molecule has 0 atom stereocenters. The number of rotatable bonds is 6. The quantitative estimate of drug-likeness (QED) is 0.626. The van der Waals surface area contributed by atoms with Crippen molar-refractivity contribution in [1.29, 1.82) is 0 Å². The highest BCUT2D eigenvalue weighted by molar-refractivity contribution is 5.69. The maximum absolute atomic E-state index is 11.7. The number of nitrogens with two attached hydrogens (primary N) is 1. The van der Waals surface area contributed by atoms with E-state index in [2.05, 4.69) is 10.1 Å². The molecule has 0 bridgehead atoms. The fraction of sp³-hybridized carbons (Fsp3) is 0.462. The number of ether oxygens (including phenoxy) is 1. The summed E-state index contributed by atoms with van der Waals surface area (Å²) in [6.07, 6.45) is 6.08. The highest BCUT2D eigenvalue weighted by Gasteiger charge is 2.12. The maximum atomic E-state index is 11.7. The van der Waals surface area contributed by atoms with Gasteiger partial charge in [-0.15, -0.1) is 0 Å². The topological polar surface area (TPSA) is 88.0 Å². The number of nitrogens with zero attached hydrogens (tertiary/aromatic N) is 4. The van der Waals surface area contributed by atoms with E-state index in [0.29, 0.717) is 12.3 Å². The molecule has 0 fully saturated rings. The van der Waals surface area contributed by atoms with Crippen LogP contribution in [0.15, 0.2) is 18.7 Å². The molecule has 7 heteroatoms. The van der Waals surface area contributed by atoms with Gasteiger partial charge >= 0.3 is 5.97 Å². The monoisotopic (exact) mass is 277 g/mol.